The molecule has 0 unspecified atom stereocenters. The number of aliphatic hydroxyl groups excluding tert-OH is 1. The van der Waals surface area contributed by atoms with E-state index in [1.807, 2.05) is 0 Å². The molecule has 1 aliphatic rings. The third-order valence-corrected chi connectivity index (χ3v) is 3.61. The van der Waals surface area contributed by atoms with Crippen molar-refractivity contribution in [1.82, 2.24) is 9.88 Å². The molecule has 5 heteroatoms. The zero-order valence-corrected chi connectivity index (χ0v) is 10.9. The predicted octanol–water partition coefficient (Wildman–Crippen LogP) is 1.99. The molecule has 0 aromatic carbocycles. The molecule has 19 heavy (non-hydrogen) atoms. The van der Waals surface area contributed by atoms with E-state index >= 15 is 0 Å². The number of carbonyl (C=O) groups is 1. The highest BCUT2D eigenvalue weighted by molar-refractivity contribution is 5.94. The van der Waals surface area contributed by atoms with E-state index in [-0.39, 0.29) is 30.7 Å². The molecule has 1 saturated carbocycles. The van der Waals surface area contributed by atoms with Gasteiger partial charge in [-0.15, -0.1) is 0 Å². The SMILES string of the molecule is O=C(c1cccnc1F)N(CCO)C1CCCCC1. The molecule has 1 aliphatic carbocycles. The fourth-order valence-electron chi connectivity index (χ4n) is 2.65. The summed E-state index contributed by atoms with van der Waals surface area (Å²) in [5.74, 6) is -1.11. The first kappa shape index (κ1) is 13.9. The summed E-state index contributed by atoms with van der Waals surface area (Å²) in [5.41, 5.74) is -0.0125. The van der Waals surface area contributed by atoms with Crippen LogP contribution in [-0.2, 0) is 0 Å². The minimum atomic E-state index is -0.744. The minimum absolute atomic E-state index is 0.0125. The van der Waals surface area contributed by atoms with E-state index in [4.69, 9.17) is 5.11 Å². The van der Waals surface area contributed by atoms with Crippen LogP contribution >= 0.6 is 0 Å². The summed E-state index contributed by atoms with van der Waals surface area (Å²) in [6.45, 7) is 0.141. The molecule has 0 atom stereocenters. The molecule has 0 bridgehead atoms. The lowest BCUT2D eigenvalue weighted by molar-refractivity contribution is 0.0579. The maximum atomic E-state index is 13.6. The number of amides is 1. The fourth-order valence-corrected chi connectivity index (χ4v) is 2.65. The number of pyridine rings is 1. The van der Waals surface area contributed by atoms with Crippen LogP contribution < -0.4 is 0 Å². The van der Waals surface area contributed by atoms with Gasteiger partial charge in [0.15, 0.2) is 0 Å². The van der Waals surface area contributed by atoms with Crippen LogP contribution in [0.3, 0.4) is 0 Å². The van der Waals surface area contributed by atoms with Gasteiger partial charge in [-0.1, -0.05) is 19.3 Å². The van der Waals surface area contributed by atoms with E-state index in [0.717, 1.165) is 25.7 Å². The van der Waals surface area contributed by atoms with E-state index in [1.54, 1.807) is 11.0 Å². The Morgan fingerprint density at radius 3 is 2.79 bits per heavy atom. The summed E-state index contributed by atoms with van der Waals surface area (Å²) in [6.07, 6.45) is 6.51. The van der Waals surface area contributed by atoms with E-state index in [1.165, 1.54) is 18.7 Å². The Bertz CT molecular complexity index is 433. The molecule has 104 valence electrons. The molecule has 4 nitrogen and oxygen atoms in total. The van der Waals surface area contributed by atoms with Gasteiger partial charge in [-0.2, -0.15) is 4.39 Å². The highest BCUT2D eigenvalue weighted by Gasteiger charge is 2.27. The van der Waals surface area contributed by atoms with Gasteiger partial charge in [0.05, 0.1) is 12.2 Å². The number of rotatable bonds is 4. The summed E-state index contributed by atoms with van der Waals surface area (Å²) in [6, 6.07) is 3.10. The van der Waals surface area contributed by atoms with Gasteiger partial charge < -0.3 is 10.0 Å². The van der Waals surface area contributed by atoms with E-state index < -0.39 is 5.95 Å². The summed E-state index contributed by atoms with van der Waals surface area (Å²) in [5, 5.41) is 9.13. The van der Waals surface area contributed by atoms with Crippen LogP contribution in [-0.4, -0.2) is 40.1 Å². The van der Waals surface area contributed by atoms with Crippen molar-refractivity contribution >= 4 is 5.91 Å². The quantitative estimate of drug-likeness (QED) is 0.848. The number of aromatic nitrogens is 1. The van der Waals surface area contributed by atoms with Gasteiger partial charge in [0.1, 0.15) is 0 Å². The number of halogens is 1. The first-order valence-corrected chi connectivity index (χ1v) is 6.76. The summed E-state index contributed by atoms with van der Waals surface area (Å²) in [4.78, 5) is 17.5. The van der Waals surface area contributed by atoms with Gasteiger partial charge >= 0.3 is 0 Å². The Kier molecular flexibility index (Phi) is 4.85. The van der Waals surface area contributed by atoms with Gasteiger partial charge in [-0.05, 0) is 25.0 Å². The lowest BCUT2D eigenvalue weighted by Crippen LogP contribution is -2.43. The molecular weight excluding hydrogens is 247 g/mol. The zero-order valence-electron chi connectivity index (χ0n) is 10.9. The van der Waals surface area contributed by atoms with Gasteiger partial charge in [-0.3, -0.25) is 4.79 Å². The van der Waals surface area contributed by atoms with Gasteiger partial charge in [0.2, 0.25) is 5.95 Å². The van der Waals surface area contributed by atoms with Crippen LogP contribution in [0.25, 0.3) is 0 Å². The number of carbonyl (C=O) groups excluding carboxylic acids is 1. The topological polar surface area (TPSA) is 53.4 Å². The Morgan fingerprint density at radius 2 is 2.16 bits per heavy atom. The molecule has 0 saturated heterocycles. The number of nitrogens with zero attached hydrogens (tertiary/aromatic N) is 2. The second-order valence-corrected chi connectivity index (χ2v) is 4.86. The number of aliphatic hydroxyl groups is 1. The monoisotopic (exact) mass is 266 g/mol. The predicted molar refractivity (Wildman–Crippen MR) is 69.2 cm³/mol. The minimum Gasteiger partial charge on any atom is -0.395 e. The maximum Gasteiger partial charge on any atom is 0.258 e. The molecule has 2 rings (SSSR count). The molecule has 1 fully saturated rings. The van der Waals surface area contributed by atoms with Crippen LogP contribution in [0.5, 0.6) is 0 Å². The molecular formula is C14H19FN2O2. The molecule has 0 spiro atoms. The Balaban J connectivity index is 2.18. The van der Waals surface area contributed by atoms with Crippen LogP contribution in [0.1, 0.15) is 42.5 Å². The van der Waals surface area contributed by atoms with Gasteiger partial charge in [0, 0.05) is 18.8 Å². The average Bonchev–Trinajstić information content (AvgIpc) is 2.45. The summed E-state index contributed by atoms with van der Waals surface area (Å²) < 4.78 is 13.6. The van der Waals surface area contributed by atoms with Gasteiger partial charge in [0.25, 0.3) is 5.91 Å². The second kappa shape index (κ2) is 6.61. The molecule has 1 aromatic heterocycles. The third-order valence-electron chi connectivity index (χ3n) is 3.61. The van der Waals surface area contributed by atoms with E-state index in [9.17, 15) is 9.18 Å². The number of hydrogen-bond donors (Lipinski definition) is 1. The van der Waals surface area contributed by atoms with Crippen molar-refractivity contribution in [2.75, 3.05) is 13.2 Å². The first-order valence-electron chi connectivity index (χ1n) is 6.76. The standard InChI is InChI=1S/C14H19FN2O2/c15-13-12(7-4-8-16-13)14(19)17(9-10-18)11-5-2-1-3-6-11/h4,7-8,11,18H,1-3,5-6,9-10H2. The molecule has 0 radical (unpaired) electrons. The van der Waals surface area contributed by atoms with Crippen LogP contribution in [0, 0.1) is 5.95 Å². The molecule has 1 aromatic rings. The summed E-state index contributed by atoms with van der Waals surface area (Å²) >= 11 is 0. The zero-order chi connectivity index (χ0) is 13.7. The van der Waals surface area contributed by atoms with Crippen molar-refractivity contribution in [2.24, 2.45) is 0 Å². The van der Waals surface area contributed by atoms with Gasteiger partial charge in [-0.25, -0.2) is 4.98 Å². The fraction of sp³-hybridized carbons (Fsp3) is 0.571. The van der Waals surface area contributed by atoms with Crippen molar-refractivity contribution in [3.8, 4) is 0 Å². The Labute approximate surface area is 112 Å². The third kappa shape index (κ3) is 3.29. The second-order valence-electron chi connectivity index (χ2n) is 4.86. The van der Waals surface area contributed by atoms with Crippen molar-refractivity contribution in [1.29, 1.82) is 0 Å². The largest absolute Gasteiger partial charge is 0.395 e. The lowest BCUT2D eigenvalue weighted by Gasteiger charge is -2.34. The molecule has 1 N–H and O–H groups in total. The van der Waals surface area contributed by atoms with Crippen molar-refractivity contribution in [3.63, 3.8) is 0 Å². The van der Waals surface area contributed by atoms with E-state index in [2.05, 4.69) is 4.98 Å². The normalized spacial score (nSPS) is 16.3. The van der Waals surface area contributed by atoms with Crippen molar-refractivity contribution < 1.29 is 14.3 Å². The van der Waals surface area contributed by atoms with Crippen molar-refractivity contribution in [3.05, 3.63) is 29.8 Å². The Morgan fingerprint density at radius 1 is 1.42 bits per heavy atom. The molecule has 1 amide bonds. The lowest BCUT2D eigenvalue weighted by atomic mass is 9.93. The molecule has 0 aliphatic heterocycles. The van der Waals surface area contributed by atoms with Crippen LogP contribution in [0.2, 0.25) is 0 Å². The highest BCUT2D eigenvalue weighted by atomic mass is 19.1. The highest BCUT2D eigenvalue weighted by Crippen LogP contribution is 2.24. The number of hydrogen-bond acceptors (Lipinski definition) is 3. The van der Waals surface area contributed by atoms with Crippen LogP contribution in [0.15, 0.2) is 18.3 Å². The average molecular weight is 266 g/mol. The summed E-state index contributed by atoms with van der Waals surface area (Å²) in [7, 11) is 0. The Hall–Kier alpha value is -1.49. The maximum absolute atomic E-state index is 13.6. The smallest absolute Gasteiger partial charge is 0.258 e. The first-order chi connectivity index (χ1) is 9.24. The molecule has 1 heterocycles. The van der Waals surface area contributed by atoms with Crippen molar-refractivity contribution in [2.45, 2.75) is 38.1 Å². The van der Waals surface area contributed by atoms with Crippen LogP contribution in [0.4, 0.5) is 4.39 Å². The van der Waals surface area contributed by atoms with E-state index in [0.29, 0.717) is 0 Å².